The summed E-state index contributed by atoms with van der Waals surface area (Å²) in [4.78, 5) is 0. The number of rotatable bonds is 8. The predicted octanol–water partition coefficient (Wildman–Crippen LogP) is 3.41. The number of unbranched alkanes of at least 4 members (excludes halogenated alkanes) is 1. The molecule has 0 fully saturated rings. The van der Waals surface area contributed by atoms with E-state index in [2.05, 4.69) is 54.2 Å². The lowest BCUT2D eigenvalue weighted by molar-refractivity contribution is 0.251. The topological polar surface area (TPSA) is 41.5 Å². The maximum Gasteiger partial charge on any atom is 0.126 e. The molecule has 0 heterocycles. The normalized spacial score (nSPS) is 11.1. The molecular weight excluding hydrogens is 306 g/mol. The number of hydrogen-bond donors (Lipinski definition) is 2. The van der Waals surface area contributed by atoms with Crippen molar-refractivity contribution in [1.82, 2.24) is 5.32 Å². The van der Waals surface area contributed by atoms with Crippen LogP contribution in [0.3, 0.4) is 0 Å². The highest BCUT2D eigenvalue weighted by molar-refractivity contribution is 9.10. The van der Waals surface area contributed by atoms with Crippen LogP contribution in [0.4, 0.5) is 0 Å². The highest BCUT2D eigenvalue weighted by Gasteiger charge is 2.09. The zero-order valence-electron chi connectivity index (χ0n) is 12.0. The number of aryl methyl sites for hydroxylation is 1. The van der Waals surface area contributed by atoms with Gasteiger partial charge in [-0.1, -0.05) is 29.8 Å². The van der Waals surface area contributed by atoms with Gasteiger partial charge in [0.1, 0.15) is 5.75 Å². The molecule has 0 spiro atoms. The van der Waals surface area contributed by atoms with Gasteiger partial charge in [0.15, 0.2) is 0 Å². The van der Waals surface area contributed by atoms with Gasteiger partial charge in [-0.05, 0) is 37.5 Å². The molecule has 0 saturated carbocycles. The van der Waals surface area contributed by atoms with E-state index in [1.54, 1.807) is 0 Å². The Morgan fingerprint density at radius 3 is 2.68 bits per heavy atom. The van der Waals surface area contributed by atoms with E-state index in [0.29, 0.717) is 12.6 Å². The first-order valence-corrected chi connectivity index (χ1v) is 7.60. The van der Waals surface area contributed by atoms with Gasteiger partial charge in [-0.15, -0.1) is 0 Å². The lowest BCUT2D eigenvalue weighted by Gasteiger charge is -2.16. The third kappa shape index (κ3) is 5.93. The van der Waals surface area contributed by atoms with E-state index in [9.17, 15) is 0 Å². The summed E-state index contributed by atoms with van der Waals surface area (Å²) in [5.74, 6) is 0.967. The van der Waals surface area contributed by atoms with Crippen molar-refractivity contribution in [1.29, 1.82) is 0 Å². The van der Waals surface area contributed by atoms with Crippen LogP contribution in [-0.2, 0) is 6.54 Å². The molecule has 1 rings (SSSR count). The van der Waals surface area contributed by atoms with Gasteiger partial charge < -0.3 is 15.2 Å². The van der Waals surface area contributed by atoms with Crippen molar-refractivity contribution in [2.45, 2.75) is 46.2 Å². The van der Waals surface area contributed by atoms with Crippen molar-refractivity contribution < 1.29 is 9.84 Å². The molecule has 0 aromatic heterocycles. The van der Waals surface area contributed by atoms with E-state index in [1.165, 1.54) is 5.56 Å². The minimum Gasteiger partial charge on any atom is -0.493 e. The number of aliphatic hydroxyl groups is 1. The monoisotopic (exact) mass is 329 g/mol. The molecule has 0 bridgehead atoms. The molecule has 0 saturated heterocycles. The van der Waals surface area contributed by atoms with E-state index in [1.807, 2.05) is 0 Å². The summed E-state index contributed by atoms with van der Waals surface area (Å²) in [6, 6.07) is 4.62. The largest absolute Gasteiger partial charge is 0.493 e. The van der Waals surface area contributed by atoms with Crippen LogP contribution in [0.5, 0.6) is 5.75 Å². The summed E-state index contributed by atoms with van der Waals surface area (Å²) < 4.78 is 6.96. The summed E-state index contributed by atoms with van der Waals surface area (Å²) in [5, 5.41) is 12.2. The molecule has 0 aliphatic heterocycles. The molecule has 0 aliphatic carbocycles. The number of benzene rings is 1. The van der Waals surface area contributed by atoms with Crippen LogP contribution in [0.2, 0.25) is 0 Å². The second-order valence-corrected chi connectivity index (χ2v) is 5.94. The Balaban J connectivity index is 2.74. The van der Waals surface area contributed by atoms with Crippen molar-refractivity contribution in [2.24, 2.45) is 0 Å². The van der Waals surface area contributed by atoms with Crippen molar-refractivity contribution in [2.75, 3.05) is 13.2 Å². The van der Waals surface area contributed by atoms with Crippen LogP contribution >= 0.6 is 15.9 Å². The quantitative estimate of drug-likeness (QED) is 0.718. The number of hydrogen-bond acceptors (Lipinski definition) is 3. The summed E-state index contributed by atoms with van der Waals surface area (Å²) in [5.41, 5.74) is 2.31. The lowest BCUT2D eigenvalue weighted by atomic mass is 10.1. The third-order valence-corrected chi connectivity index (χ3v) is 3.27. The standard InChI is InChI=1S/C15H24BrNO2/c1-11(2)17-10-13-9-14(16)8-12(3)15(13)19-7-5-4-6-18/h8-9,11,17-18H,4-7,10H2,1-3H3. The second-order valence-electron chi connectivity index (χ2n) is 5.03. The van der Waals surface area contributed by atoms with Crippen LogP contribution in [0.1, 0.15) is 37.8 Å². The highest BCUT2D eigenvalue weighted by Crippen LogP contribution is 2.28. The van der Waals surface area contributed by atoms with E-state index in [4.69, 9.17) is 9.84 Å². The zero-order chi connectivity index (χ0) is 14.3. The van der Waals surface area contributed by atoms with E-state index in [0.717, 1.165) is 35.2 Å². The van der Waals surface area contributed by atoms with Crippen molar-refractivity contribution in [3.8, 4) is 5.75 Å². The average molecular weight is 330 g/mol. The van der Waals surface area contributed by atoms with E-state index >= 15 is 0 Å². The molecule has 0 unspecified atom stereocenters. The summed E-state index contributed by atoms with van der Waals surface area (Å²) in [6.45, 7) is 8.00. The fourth-order valence-corrected chi connectivity index (χ4v) is 2.46. The van der Waals surface area contributed by atoms with Crippen molar-refractivity contribution in [3.63, 3.8) is 0 Å². The van der Waals surface area contributed by atoms with Crippen LogP contribution in [0, 0.1) is 6.92 Å². The summed E-state index contributed by atoms with van der Waals surface area (Å²) in [6.07, 6.45) is 1.66. The van der Waals surface area contributed by atoms with Crippen LogP contribution in [-0.4, -0.2) is 24.4 Å². The zero-order valence-corrected chi connectivity index (χ0v) is 13.6. The highest BCUT2D eigenvalue weighted by atomic mass is 79.9. The molecule has 1 aromatic carbocycles. The molecule has 108 valence electrons. The first-order chi connectivity index (χ1) is 9.04. The van der Waals surface area contributed by atoms with Crippen molar-refractivity contribution in [3.05, 3.63) is 27.7 Å². The number of aliphatic hydroxyl groups excluding tert-OH is 1. The van der Waals surface area contributed by atoms with Crippen LogP contribution in [0.15, 0.2) is 16.6 Å². The van der Waals surface area contributed by atoms with Gasteiger partial charge in [0, 0.05) is 29.2 Å². The van der Waals surface area contributed by atoms with Crippen LogP contribution < -0.4 is 10.1 Å². The molecule has 0 atom stereocenters. The Kier molecular flexibility index (Phi) is 7.42. The smallest absolute Gasteiger partial charge is 0.126 e. The lowest BCUT2D eigenvalue weighted by Crippen LogP contribution is -2.22. The van der Waals surface area contributed by atoms with Gasteiger partial charge >= 0.3 is 0 Å². The Morgan fingerprint density at radius 1 is 1.32 bits per heavy atom. The summed E-state index contributed by atoms with van der Waals surface area (Å²) in [7, 11) is 0. The van der Waals surface area contributed by atoms with Crippen LogP contribution in [0.25, 0.3) is 0 Å². The van der Waals surface area contributed by atoms with E-state index < -0.39 is 0 Å². The van der Waals surface area contributed by atoms with E-state index in [-0.39, 0.29) is 6.61 Å². The average Bonchev–Trinajstić information content (AvgIpc) is 2.34. The molecule has 1 aromatic rings. The van der Waals surface area contributed by atoms with Gasteiger partial charge in [0.25, 0.3) is 0 Å². The second kappa shape index (κ2) is 8.56. The van der Waals surface area contributed by atoms with Gasteiger partial charge in [-0.2, -0.15) is 0 Å². The van der Waals surface area contributed by atoms with Gasteiger partial charge in [-0.25, -0.2) is 0 Å². The molecule has 19 heavy (non-hydrogen) atoms. The fourth-order valence-electron chi connectivity index (χ4n) is 1.84. The minimum atomic E-state index is 0.227. The predicted molar refractivity (Wildman–Crippen MR) is 82.7 cm³/mol. The maximum atomic E-state index is 8.78. The first kappa shape index (κ1) is 16.5. The molecule has 0 radical (unpaired) electrons. The minimum absolute atomic E-state index is 0.227. The third-order valence-electron chi connectivity index (χ3n) is 2.82. The molecule has 3 nitrogen and oxygen atoms in total. The Hall–Kier alpha value is -0.580. The number of nitrogens with one attached hydrogen (secondary N) is 1. The van der Waals surface area contributed by atoms with Gasteiger partial charge in [0.05, 0.1) is 6.61 Å². The molecule has 0 amide bonds. The number of halogens is 1. The van der Waals surface area contributed by atoms with Gasteiger partial charge in [-0.3, -0.25) is 0 Å². The summed E-state index contributed by atoms with van der Waals surface area (Å²) >= 11 is 3.53. The fraction of sp³-hybridized carbons (Fsp3) is 0.600. The Morgan fingerprint density at radius 2 is 2.05 bits per heavy atom. The van der Waals surface area contributed by atoms with Crippen molar-refractivity contribution >= 4 is 15.9 Å². The Bertz CT molecular complexity index is 394. The molecular formula is C15H24BrNO2. The Labute approximate surface area is 124 Å². The van der Waals surface area contributed by atoms with Gasteiger partial charge in [0.2, 0.25) is 0 Å². The molecule has 2 N–H and O–H groups in total. The molecule has 4 heteroatoms. The maximum absolute atomic E-state index is 8.78. The number of ether oxygens (including phenoxy) is 1. The molecule has 0 aliphatic rings. The SMILES string of the molecule is Cc1cc(Br)cc(CNC(C)C)c1OCCCCO. The first-order valence-electron chi connectivity index (χ1n) is 6.80.